The van der Waals surface area contributed by atoms with Crippen molar-refractivity contribution in [3.8, 4) is 0 Å². The van der Waals surface area contributed by atoms with Crippen LogP contribution in [0.5, 0.6) is 0 Å². The first-order valence-electron chi connectivity index (χ1n) is 44.6. The third-order valence-electron chi connectivity index (χ3n) is 27.0. The first-order chi connectivity index (χ1) is 57.6. The molecule has 5 aliphatic rings. The fraction of sp³-hybridized carbons (Fsp3) is 0.336. The number of rotatable bonds is 14. The summed E-state index contributed by atoms with van der Waals surface area (Å²) in [7, 11) is 0. The van der Waals surface area contributed by atoms with E-state index >= 15 is 0 Å². The van der Waals surface area contributed by atoms with Crippen LogP contribution in [0.3, 0.4) is 0 Å². The summed E-state index contributed by atoms with van der Waals surface area (Å²) >= 11 is 0. The van der Waals surface area contributed by atoms with E-state index in [1.807, 2.05) is 12.1 Å². The Bertz CT molecular complexity index is 5620. The predicted molar refractivity (Wildman–Crippen MR) is 529 cm³/mol. The molecule has 0 spiro atoms. The highest BCUT2D eigenvalue weighted by atomic mass is 16.4. The van der Waals surface area contributed by atoms with Gasteiger partial charge < -0.3 is 5.11 Å². The lowest BCUT2D eigenvalue weighted by molar-refractivity contribution is 0.0696. The van der Waals surface area contributed by atoms with E-state index in [-0.39, 0.29) is 38.6 Å². The Kier molecular flexibility index (Phi) is 27.7. The predicted octanol–water partition coefficient (Wildman–Crippen LogP) is 31.9. The minimum absolute atomic E-state index is 0.0672. The third-order valence-corrected chi connectivity index (χ3v) is 27.0. The molecule has 0 aromatic heterocycles. The van der Waals surface area contributed by atoms with Crippen LogP contribution in [-0.4, -0.2) is 22.6 Å². The van der Waals surface area contributed by atoms with Crippen LogP contribution in [0.2, 0.25) is 0 Å². The number of fused-ring (bicyclic) bond motifs is 5. The molecule has 0 bridgehead atoms. The molecule has 4 nitrogen and oxygen atoms in total. The average Bonchev–Trinajstić information content (AvgIpc) is 0.765. The third kappa shape index (κ3) is 20.3. The lowest BCUT2D eigenvalue weighted by Gasteiger charge is -2.34. The highest BCUT2D eigenvalue weighted by Crippen LogP contribution is 2.49. The maximum absolute atomic E-state index is 12.4. The molecule has 10 aromatic rings. The molecule has 0 saturated carbocycles. The number of hydrogen-bond acceptors (Lipinski definition) is 3. The molecule has 0 fully saturated rings. The molecule has 15 rings (SSSR count). The first-order valence-corrected chi connectivity index (χ1v) is 44.6. The van der Waals surface area contributed by atoms with E-state index in [0.717, 1.165) is 104 Å². The molecule has 123 heavy (non-hydrogen) atoms. The Morgan fingerprint density at radius 3 is 0.675 bits per heavy atom. The topological polar surface area (TPSA) is 71.4 Å². The van der Waals surface area contributed by atoms with Crippen molar-refractivity contribution in [3.05, 3.63) is 400 Å². The SMILES string of the molecule is C=C(c1ccc(C(=O)O)cc1)c1cc2c(cc1C)C(C)(C)CC=C2C(C)C.C=C(c1ccc(C)cc1)c1cc2c(cc1C)C(C)(C)CC=C2C(C)C.C=C(c1ccc(C)cc1)c1cc2c(cc1C)C(C)(C)CC=C2C(C)C.C=C(c1ccc(C)cc1)c1cc2c(cc1C)C(C)(C)CCC2=O.C=C(c1ccc(C)cc1)c1cc2c(cc1C)C(C)(C)CCC2=O. The number of ketones is 2. The number of carboxylic acid groups (broad SMARTS) is 1. The summed E-state index contributed by atoms with van der Waals surface area (Å²) in [6.45, 7) is 77.5. The van der Waals surface area contributed by atoms with Crippen LogP contribution in [-0.2, 0) is 27.1 Å². The van der Waals surface area contributed by atoms with Gasteiger partial charge in [-0.05, 0) is 354 Å². The smallest absolute Gasteiger partial charge is 0.335 e. The largest absolute Gasteiger partial charge is 0.478 e. The molecule has 0 radical (unpaired) electrons. The van der Waals surface area contributed by atoms with Crippen molar-refractivity contribution in [2.45, 2.75) is 245 Å². The molecule has 1 N–H and O–H groups in total. The van der Waals surface area contributed by atoms with E-state index < -0.39 is 5.97 Å². The number of hydrogen-bond donors (Lipinski definition) is 1. The lowest BCUT2D eigenvalue weighted by atomic mass is 9.70. The van der Waals surface area contributed by atoms with Crippen LogP contribution >= 0.6 is 0 Å². The van der Waals surface area contributed by atoms with E-state index in [4.69, 9.17) is 5.11 Å². The van der Waals surface area contributed by atoms with Gasteiger partial charge in [0.25, 0.3) is 0 Å². The van der Waals surface area contributed by atoms with Crippen molar-refractivity contribution >= 4 is 62.1 Å². The van der Waals surface area contributed by atoms with E-state index in [0.29, 0.717) is 36.2 Å². The summed E-state index contributed by atoms with van der Waals surface area (Å²) in [5, 5.41) is 9.11. The van der Waals surface area contributed by atoms with Crippen molar-refractivity contribution in [2.24, 2.45) is 17.8 Å². The number of allylic oxidation sites excluding steroid dienone is 6. The van der Waals surface area contributed by atoms with Gasteiger partial charge in [0.1, 0.15) is 0 Å². The highest BCUT2D eigenvalue weighted by molar-refractivity contribution is 6.02. The molecule has 0 unspecified atom stereocenters. The molecule has 5 aliphatic carbocycles. The number of aromatic carboxylic acids is 1. The van der Waals surface area contributed by atoms with Gasteiger partial charge in [-0.3, -0.25) is 9.59 Å². The van der Waals surface area contributed by atoms with E-state index in [2.05, 4.69) is 382 Å². The van der Waals surface area contributed by atoms with Crippen molar-refractivity contribution in [1.29, 1.82) is 0 Å². The zero-order chi connectivity index (χ0) is 90.2. The van der Waals surface area contributed by atoms with Crippen molar-refractivity contribution in [1.82, 2.24) is 0 Å². The Morgan fingerprint density at radius 1 is 0.285 bits per heavy atom. The van der Waals surface area contributed by atoms with E-state index in [9.17, 15) is 14.4 Å². The summed E-state index contributed by atoms with van der Waals surface area (Å²) in [5.41, 5.74) is 45.8. The van der Waals surface area contributed by atoms with Crippen molar-refractivity contribution < 1.29 is 19.5 Å². The Balaban J connectivity index is 0.000000150. The van der Waals surface area contributed by atoms with Crippen LogP contribution in [0, 0.1) is 80.1 Å². The van der Waals surface area contributed by atoms with Gasteiger partial charge >= 0.3 is 5.97 Å². The minimum Gasteiger partial charge on any atom is -0.478 e. The van der Waals surface area contributed by atoms with Gasteiger partial charge in [-0.25, -0.2) is 4.79 Å². The van der Waals surface area contributed by atoms with Crippen LogP contribution in [0.15, 0.2) is 233 Å². The second-order valence-electron chi connectivity index (χ2n) is 40.1. The highest BCUT2D eigenvalue weighted by Gasteiger charge is 2.37. The fourth-order valence-corrected chi connectivity index (χ4v) is 18.5. The second kappa shape index (κ2) is 36.8. The van der Waals surface area contributed by atoms with Crippen molar-refractivity contribution in [2.75, 3.05) is 0 Å². The summed E-state index contributed by atoms with van der Waals surface area (Å²) in [6, 6.07) is 63.8. The van der Waals surface area contributed by atoms with Gasteiger partial charge in [0.15, 0.2) is 11.6 Å². The van der Waals surface area contributed by atoms with Crippen LogP contribution in [0.1, 0.15) is 337 Å². The van der Waals surface area contributed by atoms with Crippen LogP contribution in [0.25, 0.3) is 44.6 Å². The molecular formula is C119H136O4. The number of carboxylic acids is 1. The molecule has 0 atom stereocenters. The Labute approximate surface area is 739 Å². The summed E-state index contributed by atoms with van der Waals surface area (Å²) in [5.74, 6) is 1.16. The van der Waals surface area contributed by atoms with E-state index in [1.54, 1.807) is 12.1 Å². The Hall–Kier alpha value is -11.1. The zero-order valence-electron chi connectivity index (χ0n) is 78.9. The molecule has 0 aliphatic heterocycles. The number of benzene rings is 10. The monoisotopic (exact) mass is 1630 g/mol. The standard InChI is InChI=1S/C25H28O2.2C25H30.2C22H24O/c1-15(2)20-11-12-25(5,6)23-13-16(3)21(14-22(20)23)17(4)18-7-9-19(10-8-18)24(26)27;2*1-16(2)21-12-13-25(6,7)24-14-18(4)22(15-23(21)24)19(5)20-10-8-17(3)9-11-20;2*1-14-6-8-17(9-7-14)16(3)18-13-19-20(12-15(18)2)22(4,5)11-10-21(19)23/h7-11,13-15H,4,12H2,1-3,5-6H3,(H,26,27);2*8-12,14-16H,5,13H2,1-4,6-7H3;2*6-9,12-13H,3,10-11H2,1-2,4-5H3. The molecule has 636 valence electrons. The zero-order valence-corrected chi connectivity index (χ0v) is 78.9. The Morgan fingerprint density at radius 2 is 0.472 bits per heavy atom. The maximum atomic E-state index is 12.4. The maximum Gasteiger partial charge on any atom is 0.335 e. The van der Waals surface area contributed by atoms with Gasteiger partial charge in [-0.2, -0.15) is 0 Å². The number of carbonyl (C=O) groups is 3. The van der Waals surface area contributed by atoms with Crippen LogP contribution in [0.4, 0.5) is 0 Å². The molecule has 0 heterocycles. The molecule has 0 saturated heterocycles. The van der Waals surface area contributed by atoms with Gasteiger partial charge in [-0.15, -0.1) is 0 Å². The second-order valence-corrected chi connectivity index (χ2v) is 40.1. The average molecular weight is 1630 g/mol. The van der Waals surface area contributed by atoms with Crippen LogP contribution < -0.4 is 0 Å². The number of Topliss-reactive ketones (excluding diaryl/α,β-unsaturated/α-hetero) is 2. The lowest BCUT2D eigenvalue weighted by Crippen LogP contribution is -2.27. The summed E-state index contributed by atoms with van der Waals surface area (Å²) < 4.78 is 0. The van der Waals surface area contributed by atoms with Gasteiger partial charge in [0.2, 0.25) is 0 Å². The fourth-order valence-electron chi connectivity index (χ4n) is 18.5. The number of aryl methyl sites for hydroxylation is 9. The van der Waals surface area contributed by atoms with E-state index in [1.165, 1.54) is 134 Å². The van der Waals surface area contributed by atoms with Crippen molar-refractivity contribution in [3.63, 3.8) is 0 Å². The quantitative estimate of drug-likeness (QED) is 0.118. The molecule has 0 amide bonds. The van der Waals surface area contributed by atoms with Gasteiger partial charge in [0, 0.05) is 24.0 Å². The first kappa shape index (κ1) is 92.6. The normalized spacial score (nSPS) is 15.8. The van der Waals surface area contributed by atoms with Gasteiger partial charge in [-0.1, -0.05) is 324 Å². The molecule has 10 aromatic carbocycles. The van der Waals surface area contributed by atoms with Gasteiger partial charge in [0.05, 0.1) is 5.56 Å². The number of carbonyl (C=O) groups excluding carboxylic acids is 2. The summed E-state index contributed by atoms with van der Waals surface area (Å²) in [6.07, 6.45) is 13.7. The molecular weight excluding hydrogens is 1490 g/mol. The minimum atomic E-state index is -0.911. The molecule has 4 heteroatoms. The summed E-state index contributed by atoms with van der Waals surface area (Å²) in [4.78, 5) is 35.9.